The van der Waals surface area contributed by atoms with E-state index in [1.165, 1.54) is 14.0 Å². The summed E-state index contributed by atoms with van der Waals surface area (Å²) in [6, 6.07) is 5.62. The fourth-order valence-electron chi connectivity index (χ4n) is 1.95. The molecule has 6 nitrogen and oxygen atoms in total. The normalized spacial score (nSPS) is 11.0. The third-order valence-corrected chi connectivity index (χ3v) is 3.07. The maximum Gasteiger partial charge on any atom is 0.328 e. The lowest BCUT2D eigenvalue weighted by molar-refractivity contribution is -0.143. The molecule has 0 fully saturated rings. The third kappa shape index (κ3) is 6.22. The van der Waals surface area contributed by atoms with Crippen molar-refractivity contribution in [3.8, 4) is 12.3 Å². The van der Waals surface area contributed by atoms with E-state index < -0.39 is 17.9 Å². The average Bonchev–Trinajstić information content (AvgIpc) is 2.53. The summed E-state index contributed by atoms with van der Waals surface area (Å²) in [5.41, 5.74) is 0.970. The lowest BCUT2D eigenvalue weighted by Gasteiger charge is -2.16. The summed E-state index contributed by atoms with van der Waals surface area (Å²) in [6.45, 7) is 1.40. The molecule has 1 aromatic rings. The molecular weight excluding hydrogens is 296 g/mol. The minimum Gasteiger partial charge on any atom is -0.467 e. The Morgan fingerprint density at radius 2 is 1.91 bits per heavy atom. The first kappa shape index (κ1) is 18.2. The van der Waals surface area contributed by atoms with E-state index in [1.807, 2.05) is 0 Å². The smallest absolute Gasteiger partial charge is 0.328 e. The molecule has 6 heteroatoms. The van der Waals surface area contributed by atoms with Gasteiger partial charge in [0, 0.05) is 24.6 Å². The second-order valence-electron chi connectivity index (χ2n) is 4.90. The molecule has 1 rings (SSSR count). The summed E-state index contributed by atoms with van der Waals surface area (Å²) in [5, 5.41) is 5.24. The summed E-state index contributed by atoms with van der Waals surface area (Å²) < 4.78 is 4.69. The van der Waals surface area contributed by atoms with Gasteiger partial charge in [0.25, 0.3) is 5.91 Å². The summed E-state index contributed by atoms with van der Waals surface area (Å²) in [6.07, 6.45) is 6.72. The van der Waals surface area contributed by atoms with E-state index in [1.54, 1.807) is 24.3 Å². The van der Waals surface area contributed by atoms with Crippen molar-refractivity contribution in [3.05, 3.63) is 29.8 Å². The molecule has 1 atom stereocenters. The molecule has 1 aromatic carbocycles. The molecule has 0 bridgehead atoms. The van der Waals surface area contributed by atoms with Crippen LogP contribution in [0.2, 0.25) is 0 Å². The number of ether oxygens (including phenoxy) is 1. The lowest BCUT2D eigenvalue weighted by Crippen LogP contribution is -2.41. The highest BCUT2D eigenvalue weighted by Crippen LogP contribution is 2.10. The number of methoxy groups -OCH3 is 1. The lowest BCUT2D eigenvalue weighted by atomic mass is 10.1. The number of rotatable bonds is 7. The van der Waals surface area contributed by atoms with E-state index in [0.717, 1.165) is 0 Å². The van der Waals surface area contributed by atoms with Crippen LogP contribution in [0.15, 0.2) is 24.3 Å². The van der Waals surface area contributed by atoms with Gasteiger partial charge in [-0.3, -0.25) is 9.59 Å². The van der Waals surface area contributed by atoms with Crippen LogP contribution in [0.25, 0.3) is 0 Å². The molecule has 0 aliphatic rings. The number of carbonyl (C=O) groups excluding carboxylic acids is 3. The van der Waals surface area contributed by atoms with Crippen LogP contribution in [0, 0.1) is 12.3 Å². The van der Waals surface area contributed by atoms with E-state index in [2.05, 4.69) is 21.3 Å². The van der Waals surface area contributed by atoms with Crippen molar-refractivity contribution in [1.29, 1.82) is 0 Å². The summed E-state index contributed by atoms with van der Waals surface area (Å²) >= 11 is 0. The highest BCUT2D eigenvalue weighted by molar-refractivity contribution is 5.97. The fraction of sp³-hybridized carbons (Fsp3) is 0.353. The zero-order valence-electron chi connectivity index (χ0n) is 13.2. The van der Waals surface area contributed by atoms with Crippen LogP contribution in [0.5, 0.6) is 0 Å². The number of esters is 1. The summed E-state index contributed by atoms with van der Waals surface area (Å²) in [7, 11) is 1.27. The largest absolute Gasteiger partial charge is 0.467 e. The van der Waals surface area contributed by atoms with Gasteiger partial charge in [0.2, 0.25) is 5.91 Å². The third-order valence-electron chi connectivity index (χ3n) is 3.07. The molecule has 122 valence electrons. The Hall–Kier alpha value is -2.81. The van der Waals surface area contributed by atoms with Crippen LogP contribution in [-0.2, 0) is 14.3 Å². The number of unbranched alkanes of at least 4 members (excludes halogenated alkanes) is 1. The van der Waals surface area contributed by atoms with Gasteiger partial charge >= 0.3 is 5.97 Å². The van der Waals surface area contributed by atoms with E-state index >= 15 is 0 Å². The van der Waals surface area contributed by atoms with Crippen LogP contribution >= 0.6 is 0 Å². The summed E-state index contributed by atoms with van der Waals surface area (Å²) in [4.78, 5) is 34.9. The van der Waals surface area contributed by atoms with Gasteiger partial charge in [-0.1, -0.05) is 0 Å². The van der Waals surface area contributed by atoms with Crippen molar-refractivity contribution >= 4 is 23.5 Å². The van der Waals surface area contributed by atoms with Crippen molar-refractivity contribution in [3.63, 3.8) is 0 Å². The molecule has 0 saturated heterocycles. The maximum atomic E-state index is 12.2. The number of hydrogen-bond donors (Lipinski definition) is 2. The van der Waals surface area contributed by atoms with Gasteiger partial charge in [-0.05, 0) is 37.1 Å². The molecule has 0 aliphatic carbocycles. The van der Waals surface area contributed by atoms with E-state index in [4.69, 9.17) is 6.42 Å². The van der Waals surface area contributed by atoms with Crippen molar-refractivity contribution in [1.82, 2.24) is 5.32 Å². The molecule has 0 radical (unpaired) electrons. The molecule has 0 spiro atoms. The minimum absolute atomic E-state index is 0.193. The molecule has 2 amide bonds. The van der Waals surface area contributed by atoms with E-state index in [9.17, 15) is 14.4 Å². The number of anilines is 1. The molecule has 0 saturated carbocycles. The van der Waals surface area contributed by atoms with Gasteiger partial charge in [-0.15, -0.1) is 12.3 Å². The van der Waals surface area contributed by atoms with Gasteiger partial charge < -0.3 is 15.4 Å². The second kappa shape index (κ2) is 9.26. The Kier molecular flexibility index (Phi) is 7.34. The highest BCUT2D eigenvalue weighted by atomic mass is 16.5. The Morgan fingerprint density at radius 3 is 2.43 bits per heavy atom. The number of hydrogen-bond acceptors (Lipinski definition) is 4. The van der Waals surface area contributed by atoms with Crippen molar-refractivity contribution in [2.24, 2.45) is 0 Å². The molecule has 0 aliphatic heterocycles. The maximum absolute atomic E-state index is 12.2. The molecule has 0 unspecified atom stereocenters. The topological polar surface area (TPSA) is 84.5 Å². The van der Waals surface area contributed by atoms with Crippen molar-refractivity contribution in [2.75, 3.05) is 12.4 Å². The Balaban J connectivity index is 2.71. The molecule has 0 aromatic heterocycles. The van der Waals surface area contributed by atoms with Crippen LogP contribution in [-0.4, -0.2) is 30.9 Å². The van der Waals surface area contributed by atoms with Crippen LogP contribution in [0.1, 0.15) is 36.5 Å². The zero-order chi connectivity index (χ0) is 17.2. The number of nitrogens with one attached hydrogen (secondary N) is 2. The quantitative estimate of drug-likeness (QED) is 0.456. The van der Waals surface area contributed by atoms with E-state index in [-0.39, 0.29) is 5.91 Å². The van der Waals surface area contributed by atoms with Crippen LogP contribution in [0.3, 0.4) is 0 Å². The zero-order valence-corrected chi connectivity index (χ0v) is 13.2. The highest BCUT2D eigenvalue weighted by Gasteiger charge is 2.21. The van der Waals surface area contributed by atoms with Gasteiger partial charge in [0.1, 0.15) is 6.04 Å². The monoisotopic (exact) mass is 316 g/mol. The van der Waals surface area contributed by atoms with Gasteiger partial charge in [0.05, 0.1) is 7.11 Å². The second-order valence-corrected chi connectivity index (χ2v) is 4.90. The fourth-order valence-corrected chi connectivity index (χ4v) is 1.95. The van der Waals surface area contributed by atoms with Gasteiger partial charge in [0.15, 0.2) is 0 Å². The predicted molar refractivity (Wildman–Crippen MR) is 86.7 cm³/mol. The average molecular weight is 316 g/mol. The van der Waals surface area contributed by atoms with Crippen molar-refractivity contribution < 1.29 is 19.1 Å². The Bertz CT molecular complexity index is 602. The van der Waals surface area contributed by atoms with Gasteiger partial charge in [-0.2, -0.15) is 0 Å². The summed E-state index contributed by atoms with van der Waals surface area (Å²) in [5.74, 6) is 1.39. The van der Waals surface area contributed by atoms with Crippen LogP contribution in [0.4, 0.5) is 5.69 Å². The first-order valence-electron chi connectivity index (χ1n) is 7.17. The van der Waals surface area contributed by atoms with E-state index in [0.29, 0.717) is 30.5 Å². The number of terminal acetylenes is 1. The Morgan fingerprint density at radius 1 is 1.26 bits per heavy atom. The SMILES string of the molecule is C#CCCC[C@@H](NC(=O)c1ccc(NC(C)=O)cc1)C(=O)OC. The first-order chi connectivity index (χ1) is 11.0. The van der Waals surface area contributed by atoms with Crippen LogP contribution < -0.4 is 10.6 Å². The first-order valence-corrected chi connectivity index (χ1v) is 7.17. The molecular formula is C17H20N2O4. The van der Waals surface area contributed by atoms with Crippen molar-refractivity contribution in [2.45, 2.75) is 32.2 Å². The minimum atomic E-state index is -0.740. The number of carbonyl (C=O) groups is 3. The predicted octanol–water partition coefficient (Wildman–Crippen LogP) is 1.72. The standard InChI is InChI=1S/C17H20N2O4/c1-4-5-6-7-15(17(22)23-3)19-16(21)13-8-10-14(11-9-13)18-12(2)20/h1,8-11,15H,5-7H2,2-3H3,(H,18,20)(H,19,21)/t15-/m1/s1. The molecule has 23 heavy (non-hydrogen) atoms. The Labute approximate surface area is 135 Å². The number of benzene rings is 1. The molecule has 2 N–H and O–H groups in total. The van der Waals surface area contributed by atoms with Gasteiger partial charge in [-0.25, -0.2) is 4.79 Å². The number of amides is 2. The molecule has 0 heterocycles.